The molecule has 1 unspecified atom stereocenters. The standard InChI is InChI=1S/C20H24FN5O/c1-24-13-23-18-17(24)6-8-26(19(27)16-5-4-15(21)10-22-16)20(18)7-9-25(12-20)11-14-2-3-14/h4-5,10,13-14H,2-3,6-9,11-12H2,1H3. The van der Waals surface area contributed by atoms with Gasteiger partial charge < -0.3 is 14.4 Å². The largest absolute Gasteiger partial charge is 0.337 e. The Kier molecular flexibility index (Phi) is 3.82. The lowest BCUT2D eigenvalue weighted by atomic mass is 9.85. The molecule has 0 bridgehead atoms. The highest BCUT2D eigenvalue weighted by molar-refractivity contribution is 5.93. The van der Waals surface area contributed by atoms with E-state index in [0.717, 1.165) is 50.3 Å². The summed E-state index contributed by atoms with van der Waals surface area (Å²) in [6.07, 6.45) is 7.28. The number of fused-ring (bicyclic) bond motifs is 2. The highest BCUT2D eigenvalue weighted by atomic mass is 19.1. The summed E-state index contributed by atoms with van der Waals surface area (Å²) in [5.41, 5.74) is 2.15. The van der Waals surface area contributed by atoms with Gasteiger partial charge in [0.2, 0.25) is 0 Å². The zero-order valence-corrected chi connectivity index (χ0v) is 15.6. The molecule has 1 saturated heterocycles. The average molecular weight is 369 g/mol. The number of likely N-dealkylation sites (tertiary alicyclic amines) is 1. The summed E-state index contributed by atoms with van der Waals surface area (Å²) < 4.78 is 15.3. The summed E-state index contributed by atoms with van der Waals surface area (Å²) in [6.45, 7) is 3.55. The Hall–Kier alpha value is -2.28. The normalized spacial score (nSPS) is 25.2. The molecule has 2 aromatic heterocycles. The van der Waals surface area contributed by atoms with Crippen LogP contribution in [-0.4, -0.2) is 56.4 Å². The summed E-state index contributed by atoms with van der Waals surface area (Å²) in [6, 6.07) is 2.79. The first-order valence-electron chi connectivity index (χ1n) is 9.73. The Balaban J connectivity index is 1.51. The van der Waals surface area contributed by atoms with Crippen LogP contribution in [0, 0.1) is 11.7 Å². The van der Waals surface area contributed by atoms with E-state index in [4.69, 9.17) is 4.98 Å². The van der Waals surface area contributed by atoms with Gasteiger partial charge in [-0.15, -0.1) is 0 Å². The van der Waals surface area contributed by atoms with Crippen LogP contribution in [0.2, 0.25) is 0 Å². The van der Waals surface area contributed by atoms with Crippen molar-refractivity contribution in [2.45, 2.75) is 31.2 Å². The zero-order chi connectivity index (χ0) is 18.6. The van der Waals surface area contributed by atoms with E-state index >= 15 is 0 Å². The number of amides is 1. The zero-order valence-electron chi connectivity index (χ0n) is 15.6. The molecule has 2 aliphatic heterocycles. The van der Waals surface area contributed by atoms with Crippen molar-refractivity contribution in [2.24, 2.45) is 13.0 Å². The number of hydrogen-bond acceptors (Lipinski definition) is 4. The molecule has 1 spiro atoms. The van der Waals surface area contributed by atoms with Crippen molar-refractivity contribution >= 4 is 5.91 Å². The maximum atomic E-state index is 13.3. The molecule has 0 aromatic carbocycles. The van der Waals surface area contributed by atoms with Crippen molar-refractivity contribution in [3.05, 3.63) is 47.6 Å². The maximum absolute atomic E-state index is 13.3. The van der Waals surface area contributed by atoms with Gasteiger partial charge in [-0.3, -0.25) is 4.79 Å². The molecule has 1 amide bonds. The van der Waals surface area contributed by atoms with Crippen molar-refractivity contribution < 1.29 is 9.18 Å². The van der Waals surface area contributed by atoms with E-state index in [1.165, 1.54) is 30.7 Å². The molecule has 5 rings (SSSR count). The lowest BCUT2D eigenvalue weighted by Gasteiger charge is -2.44. The summed E-state index contributed by atoms with van der Waals surface area (Å²) in [4.78, 5) is 26.5. The number of carbonyl (C=O) groups is 1. The summed E-state index contributed by atoms with van der Waals surface area (Å²) >= 11 is 0. The summed E-state index contributed by atoms with van der Waals surface area (Å²) in [7, 11) is 2.02. The van der Waals surface area contributed by atoms with Gasteiger partial charge in [-0.2, -0.15) is 0 Å². The van der Waals surface area contributed by atoms with Gasteiger partial charge in [0.25, 0.3) is 5.91 Å². The van der Waals surface area contributed by atoms with Gasteiger partial charge in [0, 0.05) is 45.3 Å². The molecule has 2 aromatic rings. The predicted octanol–water partition coefficient (Wildman–Crippen LogP) is 1.96. The van der Waals surface area contributed by atoms with Crippen LogP contribution in [0.5, 0.6) is 0 Å². The van der Waals surface area contributed by atoms with Crippen molar-refractivity contribution in [3.8, 4) is 0 Å². The highest BCUT2D eigenvalue weighted by Crippen LogP contribution is 2.43. The van der Waals surface area contributed by atoms with Crippen LogP contribution in [-0.2, 0) is 19.0 Å². The van der Waals surface area contributed by atoms with Gasteiger partial charge in [-0.25, -0.2) is 14.4 Å². The molecule has 1 aliphatic carbocycles. The van der Waals surface area contributed by atoms with E-state index in [0.29, 0.717) is 12.2 Å². The topological polar surface area (TPSA) is 54.3 Å². The molecular formula is C20H24FN5O. The van der Waals surface area contributed by atoms with E-state index in [1.54, 1.807) is 0 Å². The molecule has 1 saturated carbocycles. The van der Waals surface area contributed by atoms with Crippen LogP contribution in [0.3, 0.4) is 0 Å². The van der Waals surface area contributed by atoms with Gasteiger partial charge in [0.1, 0.15) is 17.1 Å². The third kappa shape index (κ3) is 2.76. The number of carbonyl (C=O) groups excluding carboxylic acids is 1. The molecule has 142 valence electrons. The van der Waals surface area contributed by atoms with E-state index in [1.807, 2.05) is 18.3 Å². The Bertz CT molecular complexity index is 875. The van der Waals surface area contributed by atoms with Crippen LogP contribution in [0.25, 0.3) is 0 Å². The van der Waals surface area contributed by atoms with Gasteiger partial charge in [0.15, 0.2) is 0 Å². The van der Waals surface area contributed by atoms with Crippen LogP contribution >= 0.6 is 0 Å². The van der Waals surface area contributed by atoms with Crippen molar-refractivity contribution in [2.75, 3.05) is 26.2 Å². The second kappa shape index (κ2) is 6.12. The third-order valence-electron chi connectivity index (χ3n) is 6.32. The molecule has 27 heavy (non-hydrogen) atoms. The number of aryl methyl sites for hydroxylation is 1. The minimum absolute atomic E-state index is 0.125. The fourth-order valence-electron chi connectivity index (χ4n) is 4.74. The SMILES string of the molecule is Cn1cnc2c1CCN(C(=O)c1ccc(F)cn1)C21CCN(CC2CC2)C1. The smallest absolute Gasteiger partial charge is 0.273 e. The van der Waals surface area contributed by atoms with E-state index in [9.17, 15) is 9.18 Å². The Morgan fingerprint density at radius 1 is 1.30 bits per heavy atom. The maximum Gasteiger partial charge on any atom is 0.273 e. The number of hydrogen-bond donors (Lipinski definition) is 0. The highest BCUT2D eigenvalue weighted by Gasteiger charge is 2.52. The number of halogens is 1. The summed E-state index contributed by atoms with van der Waals surface area (Å²) in [5, 5.41) is 0. The first kappa shape index (κ1) is 16.9. The second-order valence-corrected chi connectivity index (χ2v) is 8.18. The van der Waals surface area contributed by atoms with Gasteiger partial charge >= 0.3 is 0 Å². The molecule has 7 heteroatoms. The third-order valence-corrected chi connectivity index (χ3v) is 6.32. The lowest BCUT2D eigenvalue weighted by Crippen LogP contribution is -2.55. The first-order valence-corrected chi connectivity index (χ1v) is 9.73. The van der Waals surface area contributed by atoms with Crippen molar-refractivity contribution in [1.29, 1.82) is 0 Å². The van der Waals surface area contributed by atoms with Gasteiger partial charge in [-0.1, -0.05) is 0 Å². The number of rotatable bonds is 3. The Morgan fingerprint density at radius 2 is 2.15 bits per heavy atom. The van der Waals surface area contributed by atoms with E-state index in [2.05, 4.69) is 14.5 Å². The van der Waals surface area contributed by atoms with Crippen LogP contribution < -0.4 is 0 Å². The Morgan fingerprint density at radius 3 is 2.89 bits per heavy atom. The number of pyridine rings is 1. The second-order valence-electron chi connectivity index (χ2n) is 8.18. The van der Waals surface area contributed by atoms with Crippen LogP contribution in [0.15, 0.2) is 24.7 Å². The van der Waals surface area contributed by atoms with E-state index in [-0.39, 0.29) is 5.91 Å². The fraction of sp³-hybridized carbons (Fsp3) is 0.550. The van der Waals surface area contributed by atoms with Crippen molar-refractivity contribution in [1.82, 2.24) is 24.3 Å². The molecule has 0 radical (unpaired) electrons. The molecule has 6 nitrogen and oxygen atoms in total. The van der Waals surface area contributed by atoms with Crippen LogP contribution in [0.1, 0.15) is 41.1 Å². The van der Waals surface area contributed by atoms with Gasteiger partial charge in [-0.05, 0) is 37.3 Å². The predicted molar refractivity (Wildman–Crippen MR) is 97.6 cm³/mol. The minimum Gasteiger partial charge on any atom is -0.337 e. The van der Waals surface area contributed by atoms with E-state index < -0.39 is 11.4 Å². The quantitative estimate of drug-likeness (QED) is 0.830. The van der Waals surface area contributed by atoms with Crippen LogP contribution in [0.4, 0.5) is 4.39 Å². The monoisotopic (exact) mass is 369 g/mol. The Labute approximate surface area is 158 Å². The molecule has 0 N–H and O–H groups in total. The average Bonchev–Trinajstić information content (AvgIpc) is 3.26. The molecular weight excluding hydrogens is 345 g/mol. The van der Waals surface area contributed by atoms with Gasteiger partial charge in [0.05, 0.1) is 18.2 Å². The number of nitrogens with zero attached hydrogens (tertiary/aromatic N) is 5. The van der Waals surface area contributed by atoms with Crippen molar-refractivity contribution in [3.63, 3.8) is 0 Å². The molecule has 1 atom stereocenters. The molecule has 3 aliphatic rings. The minimum atomic E-state index is -0.427. The fourth-order valence-corrected chi connectivity index (χ4v) is 4.74. The number of imidazole rings is 1. The molecule has 4 heterocycles. The summed E-state index contributed by atoms with van der Waals surface area (Å²) in [5.74, 6) is 0.262. The number of aromatic nitrogens is 3. The molecule has 2 fully saturated rings. The first-order chi connectivity index (χ1) is 13.1. The lowest BCUT2D eigenvalue weighted by molar-refractivity contribution is 0.0412.